The number of hydrogen-bond acceptors (Lipinski definition) is 4. The van der Waals surface area contributed by atoms with Crippen molar-refractivity contribution in [2.24, 2.45) is 0 Å². The number of rotatable bonds is 5. The lowest BCUT2D eigenvalue weighted by atomic mass is 10.2. The maximum absolute atomic E-state index is 12.6. The fourth-order valence-electron chi connectivity index (χ4n) is 2.80. The zero-order chi connectivity index (χ0) is 18.4. The molecule has 0 spiro atoms. The smallest absolute Gasteiger partial charge is 0.242 e. The number of morpholine rings is 1. The van der Waals surface area contributed by atoms with E-state index in [9.17, 15) is 9.59 Å². The highest BCUT2D eigenvalue weighted by molar-refractivity contribution is 5.98. The molecule has 0 bridgehead atoms. The van der Waals surface area contributed by atoms with Crippen molar-refractivity contribution >= 4 is 17.5 Å². The lowest BCUT2D eigenvalue weighted by Gasteiger charge is -2.30. The van der Waals surface area contributed by atoms with Crippen LogP contribution in [0.15, 0.2) is 54.6 Å². The van der Waals surface area contributed by atoms with Gasteiger partial charge in [0.05, 0.1) is 18.9 Å². The minimum atomic E-state index is -0.212. The summed E-state index contributed by atoms with van der Waals surface area (Å²) in [5.74, 6) is 0.889. The van der Waals surface area contributed by atoms with E-state index >= 15 is 0 Å². The third-order valence-corrected chi connectivity index (χ3v) is 4.16. The Morgan fingerprint density at radius 1 is 1.04 bits per heavy atom. The maximum atomic E-state index is 12.6. The van der Waals surface area contributed by atoms with Crippen molar-refractivity contribution in [3.05, 3.63) is 54.6 Å². The molecule has 0 unspecified atom stereocenters. The number of benzene rings is 2. The molecule has 0 aliphatic carbocycles. The molecule has 1 aliphatic heterocycles. The highest BCUT2D eigenvalue weighted by Gasteiger charge is 2.24. The molecule has 1 saturated heterocycles. The molecule has 2 amide bonds. The summed E-state index contributed by atoms with van der Waals surface area (Å²) in [6.07, 6.45) is 0. The van der Waals surface area contributed by atoms with Crippen molar-refractivity contribution in [2.45, 2.75) is 6.92 Å². The van der Waals surface area contributed by atoms with Gasteiger partial charge in [-0.15, -0.1) is 0 Å². The minimum absolute atomic E-state index is 0.0233. The summed E-state index contributed by atoms with van der Waals surface area (Å²) in [7, 11) is 0. The maximum Gasteiger partial charge on any atom is 0.242 e. The molecule has 2 aromatic carbocycles. The molecule has 26 heavy (non-hydrogen) atoms. The van der Waals surface area contributed by atoms with Crippen LogP contribution in [-0.2, 0) is 14.3 Å². The van der Waals surface area contributed by atoms with Crippen LogP contribution in [0, 0.1) is 0 Å². The molecule has 2 aromatic rings. The Labute approximate surface area is 152 Å². The Balaban J connectivity index is 1.81. The lowest BCUT2D eigenvalue weighted by Crippen LogP contribution is -2.46. The van der Waals surface area contributed by atoms with E-state index in [0.717, 1.165) is 0 Å². The van der Waals surface area contributed by atoms with Crippen molar-refractivity contribution in [1.82, 2.24) is 4.90 Å². The van der Waals surface area contributed by atoms with E-state index in [0.29, 0.717) is 43.5 Å². The first-order valence-electron chi connectivity index (χ1n) is 8.60. The first-order valence-corrected chi connectivity index (χ1v) is 8.60. The van der Waals surface area contributed by atoms with Crippen LogP contribution >= 0.6 is 0 Å². The van der Waals surface area contributed by atoms with Gasteiger partial charge in [-0.2, -0.15) is 0 Å². The van der Waals surface area contributed by atoms with Crippen molar-refractivity contribution < 1.29 is 19.1 Å². The van der Waals surface area contributed by atoms with Gasteiger partial charge in [0.25, 0.3) is 0 Å². The summed E-state index contributed by atoms with van der Waals surface area (Å²) < 4.78 is 11.2. The highest BCUT2D eigenvalue weighted by Crippen LogP contribution is 2.32. The van der Waals surface area contributed by atoms with Gasteiger partial charge in [-0.25, -0.2) is 0 Å². The van der Waals surface area contributed by atoms with E-state index in [-0.39, 0.29) is 18.4 Å². The molecule has 3 rings (SSSR count). The number of nitrogens with zero attached hydrogens (tertiary/aromatic N) is 2. The van der Waals surface area contributed by atoms with Crippen molar-refractivity contribution in [3.8, 4) is 11.5 Å². The van der Waals surface area contributed by atoms with Gasteiger partial charge in [0.15, 0.2) is 5.75 Å². The Morgan fingerprint density at radius 2 is 1.69 bits per heavy atom. The SMILES string of the molecule is CC(=O)N(CC(=O)N1CCOCC1)c1ccccc1Oc1ccccc1. The predicted molar refractivity (Wildman–Crippen MR) is 98.4 cm³/mol. The topological polar surface area (TPSA) is 59.1 Å². The van der Waals surface area contributed by atoms with Crippen molar-refractivity contribution in [2.75, 3.05) is 37.7 Å². The zero-order valence-corrected chi connectivity index (χ0v) is 14.8. The quantitative estimate of drug-likeness (QED) is 0.828. The average molecular weight is 354 g/mol. The van der Waals surface area contributed by atoms with Gasteiger partial charge in [-0.05, 0) is 24.3 Å². The van der Waals surface area contributed by atoms with Gasteiger partial charge in [0.1, 0.15) is 12.3 Å². The first-order chi connectivity index (χ1) is 12.6. The summed E-state index contributed by atoms with van der Waals surface area (Å²) in [5.41, 5.74) is 0.575. The van der Waals surface area contributed by atoms with E-state index in [1.54, 1.807) is 17.0 Å². The second-order valence-corrected chi connectivity index (χ2v) is 5.98. The van der Waals surface area contributed by atoms with E-state index in [2.05, 4.69) is 0 Å². The standard InChI is InChI=1S/C20H22N2O4/c1-16(23)22(15-20(24)21-11-13-25-14-12-21)18-9-5-6-10-19(18)26-17-7-3-2-4-8-17/h2-10H,11-15H2,1H3. The molecule has 6 nitrogen and oxygen atoms in total. The number of anilines is 1. The van der Waals surface area contributed by atoms with E-state index in [1.165, 1.54) is 11.8 Å². The third-order valence-electron chi connectivity index (χ3n) is 4.16. The molecule has 1 fully saturated rings. The molecule has 6 heteroatoms. The van der Waals surface area contributed by atoms with E-state index in [1.807, 2.05) is 42.5 Å². The second-order valence-electron chi connectivity index (χ2n) is 5.98. The monoisotopic (exact) mass is 354 g/mol. The minimum Gasteiger partial charge on any atom is -0.455 e. The highest BCUT2D eigenvalue weighted by atomic mass is 16.5. The normalized spacial score (nSPS) is 14.0. The van der Waals surface area contributed by atoms with E-state index < -0.39 is 0 Å². The molecular weight excluding hydrogens is 332 g/mol. The Hall–Kier alpha value is -2.86. The van der Waals surface area contributed by atoms with Gasteiger partial charge in [0, 0.05) is 20.0 Å². The van der Waals surface area contributed by atoms with Crippen LogP contribution in [0.3, 0.4) is 0 Å². The molecular formula is C20H22N2O4. The van der Waals surface area contributed by atoms with Gasteiger partial charge in [-0.3, -0.25) is 14.5 Å². The van der Waals surface area contributed by atoms with Crippen LogP contribution in [0.5, 0.6) is 11.5 Å². The first kappa shape index (κ1) is 17.9. The summed E-state index contributed by atoms with van der Waals surface area (Å²) in [4.78, 5) is 28.0. The molecule has 0 atom stereocenters. The van der Waals surface area contributed by atoms with Crippen LogP contribution < -0.4 is 9.64 Å². The summed E-state index contributed by atoms with van der Waals surface area (Å²) in [5, 5.41) is 0. The fourth-order valence-corrected chi connectivity index (χ4v) is 2.80. The largest absolute Gasteiger partial charge is 0.455 e. The average Bonchev–Trinajstić information content (AvgIpc) is 2.68. The predicted octanol–water partition coefficient (Wildman–Crippen LogP) is 2.69. The van der Waals surface area contributed by atoms with Gasteiger partial charge in [0.2, 0.25) is 11.8 Å². The van der Waals surface area contributed by atoms with Crippen LogP contribution in [0.2, 0.25) is 0 Å². The fraction of sp³-hybridized carbons (Fsp3) is 0.300. The third kappa shape index (κ3) is 4.40. The number of para-hydroxylation sites is 3. The van der Waals surface area contributed by atoms with Gasteiger partial charge >= 0.3 is 0 Å². The Morgan fingerprint density at radius 3 is 2.38 bits per heavy atom. The summed E-state index contributed by atoms with van der Waals surface area (Å²) in [6.45, 7) is 3.58. The van der Waals surface area contributed by atoms with Crippen LogP contribution in [0.25, 0.3) is 0 Å². The molecule has 0 radical (unpaired) electrons. The van der Waals surface area contributed by atoms with E-state index in [4.69, 9.17) is 9.47 Å². The Bertz CT molecular complexity index is 757. The van der Waals surface area contributed by atoms with Crippen molar-refractivity contribution in [1.29, 1.82) is 0 Å². The molecule has 1 aliphatic rings. The molecule has 0 saturated carbocycles. The molecule has 136 valence electrons. The summed E-state index contributed by atoms with van der Waals surface area (Å²) in [6, 6.07) is 16.6. The van der Waals surface area contributed by atoms with Crippen LogP contribution in [-0.4, -0.2) is 49.6 Å². The second kappa shape index (κ2) is 8.49. The van der Waals surface area contributed by atoms with Crippen LogP contribution in [0.1, 0.15) is 6.92 Å². The zero-order valence-electron chi connectivity index (χ0n) is 14.8. The summed E-state index contributed by atoms with van der Waals surface area (Å²) >= 11 is 0. The van der Waals surface area contributed by atoms with Crippen molar-refractivity contribution in [3.63, 3.8) is 0 Å². The molecule has 0 N–H and O–H groups in total. The lowest BCUT2D eigenvalue weighted by molar-refractivity contribution is -0.134. The number of amides is 2. The molecule has 0 aromatic heterocycles. The number of carbonyl (C=O) groups is 2. The number of carbonyl (C=O) groups excluding carboxylic acids is 2. The molecule has 1 heterocycles. The van der Waals surface area contributed by atoms with Crippen LogP contribution in [0.4, 0.5) is 5.69 Å². The number of ether oxygens (including phenoxy) is 2. The number of hydrogen-bond donors (Lipinski definition) is 0. The van der Waals surface area contributed by atoms with Gasteiger partial charge in [-0.1, -0.05) is 30.3 Å². The van der Waals surface area contributed by atoms with Gasteiger partial charge < -0.3 is 14.4 Å². The Kier molecular flexibility index (Phi) is 5.86.